The first-order valence-electron chi connectivity index (χ1n) is 21.2. The fraction of sp³-hybridized carbons (Fsp3) is 0.280. The molecule has 0 atom stereocenters. The van der Waals surface area contributed by atoms with Gasteiger partial charge in [0.15, 0.2) is 0 Å². The molecule has 4 aromatic carbocycles. The number of para-hydroxylation sites is 4. The highest BCUT2D eigenvalue weighted by molar-refractivity contribution is 9.09. The zero-order valence-electron chi connectivity index (χ0n) is 36.0. The van der Waals surface area contributed by atoms with Crippen LogP contribution in [0.25, 0.3) is 22.7 Å². The van der Waals surface area contributed by atoms with Crippen molar-refractivity contribution in [2.75, 3.05) is 16.0 Å². The van der Waals surface area contributed by atoms with Crippen molar-refractivity contribution in [1.82, 2.24) is 23.3 Å². The van der Waals surface area contributed by atoms with Crippen molar-refractivity contribution < 1.29 is 64.6 Å². The van der Waals surface area contributed by atoms with E-state index in [1.54, 1.807) is 12.5 Å². The minimum atomic E-state index is 0. The van der Waals surface area contributed by atoms with Crippen LogP contribution in [0.5, 0.6) is 0 Å². The van der Waals surface area contributed by atoms with Gasteiger partial charge in [0.2, 0.25) is 19.0 Å². The van der Waals surface area contributed by atoms with Crippen LogP contribution < -0.4 is 64.6 Å². The van der Waals surface area contributed by atoms with Gasteiger partial charge in [-0.2, -0.15) is 0 Å². The summed E-state index contributed by atoms with van der Waals surface area (Å²) in [5, 5.41) is 3.41. The molecule has 0 bridgehead atoms. The first kappa shape index (κ1) is 54.9. The molecule has 0 spiro atoms. The number of aromatic nitrogens is 8. The highest BCUT2D eigenvalue weighted by Gasteiger charge is 2.17. The molecule has 0 aliphatic heterocycles. The van der Waals surface area contributed by atoms with Crippen molar-refractivity contribution in [3.8, 4) is 22.7 Å². The van der Waals surface area contributed by atoms with Crippen LogP contribution in [-0.4, -0.2) is 39.2 Å². The quantitative estimate of drug-likeness (QED) is 0.0904. The van der Waals surface area contributed by atoms with Gasteiger partial charge in [-0.15, -0.1) is 0 Å². The number of benzene rings is 4. The lowest BCUT2D eigenvalue weighted by molar-refractivity contribution is -0.706. The molecular weight excluding hydrogens is 1190 g/mol. The average molecular weight is 1250 g/mol. The molecule has 0 fully saturated rings. The van der Waals surface area contributed by atoms with E-state index in [-0.39, 0.29) is 50.9 Å². The predicted octanol–water partition coefficient (Wildman–Crippen LogP) is 1.95. The number of aryl methyl sites for hydroxylation is 3. The second-order valence-electron chi connectivity index (χ2n) is 15.0. The highest BCUT2D eigenvalue weighted by Crippen LogP contribution is 2.18. The van der Waals surface area contributed by atoms with Gasteiger partial charge in [0.1, 0.15) is 54.2 Å². The number of halogens is 6. The van der Waals surface area contributed by atoms with Gasteiger partial charge >= 0.3 is 0 Å². The molecule has 0 radical (unpaired) electrons. The van der Waals surface area contributed by atoms with Crippen molar-refractivity contribution in [3.63, 3.8) is 0 Å². The largest absolute Gasteiger partial charge is 1.00 e. The third kappa shape index (κ3) is 18.5. The molecule has 8 nitrogen and oxygen atoms in total. The van der Waals surface area contributed by atoms with E-state index in [1.165, 1.54) is 36.3 Å². The molecule has 4 heterocycles. The summed E-state index contributed by atoms with van der Waals surface area (Å²) in [5.74, 6) is 1.49. The van der Waals surface area contributed by atoms with Crippen molar-refractivity contribution >= 4 is 47.8 Å². The summed E-state index contributed by atoms with van der Waals surface area (Å²) < 4.78 is 15.5. The van der Waals surface area contributed by atoms with E-state index in [1.807, 2.05) is 41.1 Å². The van der Waals surface area contributed by atoms with Gasteiger partial charge in [0.05, 0.1) is 26.0 Å². The Morgan fingerprint density at radius 1 is 0.391 bits per heavy atom. The molecular formula is C50H58Br6N8. The Kier molecular flexibility index (Phi) is 27.0. The fourth-order valence-corrected chi connectivity index (χ4v) is 9.12. The van der Waals surface area contributed by atoms with Crippen LogP contribution >= 0.6 is 47.8 Å². The standard InChI is InChI=1S/C34H37N6.C9H8N2.C7H13Br3.3BrH/c1-4-10-32(11-5-1)38-25-22-35(28-38)19-16-31(17-20-36-23-26-39(29-36)33-12-6-2-7-13-33)18-21-37-24-27-40(30-37)34-14-8-3-9-15-34;1-2-4-9(5-3-1)11-7-6-10-8-11;8-4-1-7(2-5-9)3-6-10;;;/h1-15,22-31H,16-21H2;1-8H;7H,1-6H2;3*1H/q+3;;;;;/p-3. The third-order valence-electron chi connectivity index (χ3n) is 10.7. The van der Waals surface area contributed by atoms with E-state index in [0.717, 1.165) is 66.5 Å². The van der Waals surface area contributed by atoms with Crippen LogP contribution in [0.1, 0.15) is 38.5 Å². The maximum absolute atomic E-state index is 3.96. The van der Waals surface area contributed by atoms with Crippen molar-refractivity contribution in [1.29, 1.82) is 0 Å². The zero-order valence-corrected chi connectivity index (χ0v) is 45.5. The van der Waals surface area contributed by atoms with E-state index < -0.39 is 0 Å². The first-order valence-corrected chi connectivity index (χ1v) is 24.6. The van der Waals surface area contributed by atoms with Crippen molar-refractivity contribution in [2.24, 2.45) is 11.8 Å². The van der Waals surface area contributed by atoms with Crippen LogP contribution in [0.15, 0.2) is 196 Å². The Hall–Kier alpha value is -3.40. The Labute approximate surface area is 436 Å². The molecule has 8 rings (SSSR count). The normalized spacial score (nSPS) is 10.5. The van der Waals surface area contributed by atoms with E-state index in [9.17, 15) is 0 Å². The van der Waals surface area contributed by atoms with Crippen molar-refractivity contribution in [3.05, 3.63) is 196 Å². The molecule has 14 heteroatoms. The third-order valence-corrected chi connectivity index (χ3v) is 12.1. The summed E-state index contributed by atoms with van der Waals surface area (Å²) in [6.07, 6.45) is 32.4. The van der Waals surface area contributed by atoms with Crippen LogP contribution in [-0.2, 0) is 19.6 Å². The minimum Gasteiger partial charge on any atom is -1.00 e. The van der Waals surface area contributed by atoms with E-state index >= 15 is 0 Å². The van der Waals surface area contributed by atoms with Gasteiger partial charge in [-0.05, 0) is 98.9 Å². The SMILES string of the molecule is BrCCC(CCBr)CCBr.[Br-].[Br-].[Br-].c1ccc(-n2cc[n+](CCC(CC[n+]3ccn(-c4ccccc4)c3)CC[n+]3ccn(-c4ccccc4)c3)c2)cc1.c1ccc(-n2ccnc2)cc1. The number of nitrogens with zero attached hydrogens (tertiary/aromatic N) is 8. The van der Waals surface area contributed by atoms with Gasteiger partial charge in [-0.25, -0.2) is 32.4 Å². The monoisotopic (exact) mass is 1240 g/mol. The summed E-state index contributed by atoms with van der Waals surface area (Å²) in [5.41, 5.74) is 4.72. The first-order chi connectivity index (χ1) is 30.1. The second-order valence-corrected chi connectivity index (χ2v) is 17.4. The maximum atomic E-state index is 3.96. The molecule has 0 saturated heterocycles. The lowest BCUT2D eigenvalue weighted by atomic mass is 9.97. The van der Waals surface area contributed by atoms with Gasteiger partial charge in [-0.1, -0.05) is 121 Å². The van der Waals surface area contributed by atoms with Gasteiger partial charge in [0.25, 0.3) is 0 Å². The molecule has 8 aromatic rings. The second kappa shape index (κ2) is 31.5. The van der Waals surface area contributed by atoms with Gasteiger partial charge in [-0.3, -0.25) is 0 Å². The number of alkyl halides is 3. The molecule has 0 amide bonds. The van der Waals surface area contributed by atoms with Crippen LogP contribution in [0.4, 0.5) is 0 Å². The highest BCUT2D eigenvalue weighted by atomic mass is 79.9. The van der Waals surface area contributed by atoms with E-state index in [2.05, 4.69) is 227 Å². The van der Waals surface area contributed by atoms with E-state index in [4.69, 9.17) is 0 Å². The maximum Gasteiger partial charge on any atom is 0.248 e. The molecule has 0 saturated carbocycles. The molecule has 0 aliphatic carbocycles. The summed E-state index contributed by atoms with van der Waals surface area (Å²) in [7, 11) is 0. The fourth-order valence-electron chi connectivity index (χ4n) is 7.17. The lowest BCUT2D eigenvalue weighted by Crippen LogP contribution is -3.00. The van der Waals surface area contributed by atoms with Crippen LogP contribution in [0.2, 0.25) is 0 Å². The van der Waals surface area contributed by atoms with E-state index in [0.29, 0.717) is 5.92 Å². The Morgan fingerprint density at radius 2 is 0.688 bits per heavy atom. The molecule has 4 aromatic heterocycles. The topological polar surface area (TPSA) is 44.2 Å². The number of rotatable bonds is 19. The van der Waals surface area contributed by atoms with Gasteiger partial charge < -0.3 is 55.5 Å². The Morgan fingerprint density at radius 3 is 0.969 bits per heavy atom. The Balaban J connectivity index is 0.000000374. The predicted molar refractivity (Wildman–Crippen MR) is 258 cm³/mol. The zero-order chi connectivity index (χ0) is 42.3. The lowest BCUT2D eigenvalue weighted by Gasteiger charge is -2.14. The van der Waals surface area contributed by atoms with Crippen LogP contribution in [0, 0.1) is 11.8 Å². The molecule has 64 heavy (non-hydrogen) atoms. The summed E-state index contributed by atoms with van der Waals surface area (Å²) in [6, 6.07) is 41.7. The molecule has 0 N–H and O–H groups in total. The molecule has 0 unspecified atom stereocenters. The number of hydrogen-bond acceptors (Lipinski definition) is 1. The summed E-state index contributed by atoms with van der Waals surface area (Å²) >= 11 is 10.4. The molecule has 340 valence electrons. The smallest absolute Gasteiger partial charge is 0.248 e. The summed E-state index contributed by atoms with van der Waals surface area (Å²) in [4.78, 5) is 3.96. The number of imidazole rings is 4. The molecule has 0 aliphatic rings. The number of hydrogen-bond donors (Lipinski definition) is 0. The Bertz CT molecular complexity index is 2130. The average Bonchev–Trinajstić information content (AvgIpc) is 4.17. The minimum absolute atomic E-state index is 0. The summed E-state index contributed by atoms with van der Waals surface area (Å²) in [6.45, 7) is 3.03. The van der Waals surface area contributed by atoms with Crippen LogP contribution in [0.3, 0.4) is 0 Å². The van der Waals surface area contributed by atoms with Crippen molar-refractivity contribution in [2.45, 2.75) is 58.2 Å². The van der Waals surface area contributed by atoms with Gasteiger partial charge in [0, 0.05) is 34.1 Å².